The lowest BCUT2D eigenvalue weighted by atomic mass is 9.55. The highest BCUT2D eigenvalue weighted by atomic mass is 16.3. The van der Waals surface area contributed by atoms with Gasteiger partial charge in [-0.3, -0.25) is 9.48 Å². The number of nitrogens with zero attached hydrogens (tertiary/aromatic N) is 2. The van der Waals surface area contributed by atoms with Crippen LogP contribution in [-0.2, 0) is 17.8 Å². The van der Waals surface area contributed by atoms with E-state index in [1.54, 1.807) is 0 Å². The number of phenols is 1. The van der Waals surface area contributed by atoms with Crippen molar-refractivity contribution in [2.45, 2.75) is 58.4 Å². The van der Waals surface area contributed by atoms with E-state index < -0.39 is 0 Å². The number of ketones is 1. The van der Waals surface area contributed by atoms with E-state index in [0.29, 0.717) is 29.3 Å². The van der Waals surface area contributed by atoms with Gasteiger partial charge in [0, 0.05) is 23.7 Å². The van der Waals surface area contributed by atoms with E-state index in [-0.39, 0.29) is 5.41 Å². The van der Waals surface area contributed by atoms with Crippen molar-refractivity contribution in [3.05, 3.63) is 52.9 Å². The summed E-state index contributed by atoms with van der Waals surface area (Å²) in [5.41, 5.74) is 4.51. The number of carbonyl (C=O) groups is 1. The third-order valence-electron chi connectivity index (χ3n) is 7.67. The van der Waals surface area contributed by atoms with Crippen LogP contribution in [0, 0.1) is 17.3 Å². The van der Waals surface area contributed by atoms with Crippen molar-refractivity contribution < 1.29 is 9.90 Å². The average molecular weight is 377 g/mol. The summed E-state index contributed by atoms with van der Waals surface area (Å²) in [6, 6.07) is 5.89. The molecule has 3 aliphatic rings. The van der Waals surface area contributed by atoms with Crippen molar-refractivity contribution in [2.75, 3.05) is 0 Å². The lowest BCUT2D eigenvalue weighted by molar-refractivity contribution is -0.127. The summed E-state index contributed by atoms with van der Waals surface area (Å²) in [6.45, 7) is 5.12. The van der Waals surface area contributed by atoms with Gasteiger partial charge in [0.2, 0.25) is 0 Å². The Balaban J connectivity index is 1.47. The number of carbonyl (C=O) groups excluding carboxylic acids is 1. The molecule has 1 N–H and O–H groups in total. The molecule has 0 amide bonds. The fourth-order valence-electron chi connectivity index (χ4n) is 6.20. The normalized spacial score (nSPS) is 32.9. The fraction of sp³-hybridized carbons (Fsp3) is 0.500. The van der Waals surface area contributed by atoms with Crippen molar-refractivity contribution in [3.8, 4) is 5.75 Å². The van der Waals surface area contributed by atoms with Crippen molar-refractivity contribution in [1.29, 1.82) is 0 Å². The molecule has 3 aliphatic carbocycles. The highest BCUT2D eigenvalue weighted by Gasteiger charge is 2.56. The monoisotopic (exact) mass is 376 g/mol. The molecule has 4 atom stereocenters. The molecule has 2 aromatic rings. The van der Waals surface area contributed by atoms with E-state index in [0.717, 1.165) is 49.8 Å². The van der Waals surface area contributed by atoms with Crippen LogP contribution in [0.4, 0.5) is 0 Å². The molecule has 1 aromatic heterocycles. The van der Waals surface area contributed by atoms with Gasteiger partial charge in [-0.1, -0.05) is 13.0 Å². The molecule has 0 aliphatic heterocycles. The largest absolute Gasteiger partial charge is 0.508 e. The summed E-state index contributed by atoms with van der Waals surface area (Å²) < 4.78 is 1.91. The van der Waals surface area contributed by atoms with Gasteiger partial charge in [0.05, 0.1) is 6.20 Å². The van der Waals surface area contributed by atoms with Crippen LogP contribution in [0.15, 0.2) is 36.2 Å². The third kappa shape index (κ3) is 2.57. The fourth-order valence-corrected chi connectivity index (χ4v) is 6.20. The number of aryl methyl sites for hydroxylation is 2. The summed E-state index contributed by atoms with van der Waals surface area (Å²) in [6.07, 6.45) is 11.0. The first-order chi connectivity index (χ1) is 13.5. The minimum Gasteiger partial charge on any atom is -0.508 e. The Morgan fingerprint density at radius 1 is 1.36 bits per heavy atom. The first-order valence-corrected chi connectivity index (χ1v) is 10.6. The molecule has 28 heavy (non-hydrogen) atoms. The summed E-state index contributed by atoms with van der Waals surface area (Å²) >= 11 is 0. The standard InChI is InChI=1S/C24H28N2O2/c1-3-26-14-15(13-25-26)10-17-12-22-21-6-4-16-11-18(27)5-7-19(16)20(21)8-9-24(22,2)23(17)28/h5,7,10-11,13-14,20-22,27H,3-4,6,8-9,12H2,1-2H3/b17-10+/t20-,21-,22-,24-/m1/s1. The number of aromatic nitrogens is 2. The van der Waals surface area contributed by atoms with E-state index in [2.05, 4.69) is 31.1 Å². The third-order valence-corrected chi connectivity index (χ3v) is 7.67. The first kappa shape index (κ1) is 17.7. The molecular formula is C24H28N2O2. The predicted molar refractivity (Wildman–Crippen MR) is 109 cm³/mol. The number of Topliss-reactive ketones (excluding diaryl/α,β-unsaturated/α-hetero) is 1. The smallest absolute Gasteiger partial charge is 0.165 e. The lowest BCUT2D eigenvalue weighted by Gasteiger charge is -2.48. The maximum atomic E-state index is 13.4. The van der Waals surface area contributed by atoms with E-state index in [1.165, 1.54) is 11.1 Å². The van der Waals surface area contributed by atoms with Gasteiger partial charge >= 0.3 is 0 Å². The van der Waals surface area contributed by atoms with Crippen LogP contribution in [-0.4, -0.2) is 20.7 Å². The van der Waals surface area contributed by atoms with Gasteiger partial charge in [-0.15, -0.1) is 0 Å². The van der Waals surface area contributed by atoms with Gasteiger partial charge in [-0.25, -0.2) is 0 Å². The van der Waals surface area contributed by atoms with Crippen LogP contribution < -0.4 is 0 Å². The van der Waals surface area contributed by atoms with Crippen molar-refractivity contribution in [1.82, 2.24) is 9.78 Å². The summed E-state index contributed by atoms with van der Waals surface area (Å²) in [5, 5.41) is 14.2. The number of benzene rings is 1. The van der Waals surface area contributed by atoms with Crippen LogP contribution in [0.1, 0.15) is 62.1 Å². The molecule has 0 spiro atoms. The van der Waals surface area contributed by atoms with Crippen LogP contribution in [0.2, 0.25) is 0 Å². The van der Waals surface area contributed by atoms with Crippen LogP contribution in [0.5, 0.6) is 5.75 Å². The lowest BCUT2D eigenvalue weighted by Crippen LogP contribution is -2.42. The average Bonchev–Trinajstić information content (AvgIpc) is 3.25. The molecule has 0 saturated heterocycles. The number of aromatic hydroxyl groups is 1. The molecule has 4 nitrogen and oxygen atoms in total. The Kier molecular flexibility index (Phi) is 4.01. The summed E-state index contributed by atoms with van der Waals surface area (Å²) in [4.78, 5) is 13.4. The van der Waals surface area contributed by atoms with Gasteiger partial charge < -0.3 is 5.11 Å². The van der Waals surface area contributed by atoms with Gasteiger partial charge in [-0.2, -0.15) is 5.10 Å². The van der Waals surface area contributed by atoms with E-state index in [9.17, 15) is 9.90 Å². The molecule has 2 fully saturated rings. The second-order valence-electron chi connectivity index (χ2n) is 9.09. The number of phenolic OH excluding ortho intramolecular Hbond substituents is 1. The first-order valence-electron chi connectivity index (χ1n) is 10.6. The Hall–Kier alpha value is -2.36. The quantitative estimate of drug-likeness (QED) is 0.771. The molecular weight excluding hydrogens is 348 g/mol. The van der Waals surface area contributed by atoms with E-state index in [1.807, 2.05) is 29.2 Å². The number of hydrogen-bond acceptors (Lipinski definition) is 3. The number of allylic oxidation sites excluding steroid dienone is 1. The van der Waals surface area contributed by atoms with Crippen LogP contribution in [0.25, 0.3) is 6.08 Å². The number of fused-ring (bicyclic) bond motifs is 5. The molecule has 146 valence electrons. The maximum absolute atomic E-state index is 13.4. The minimum absolute atomic E-state index is 0.220. The van der Waals surface area contributed by atoms with Gasteiger partial charge in [0.25, 0.3) is 0 Å². The van der Waals surface area contributed by atoms with Crippen molar-refractivity contribution >= 4 is 11.9 Å². The second kappa shape index (κ2) is 6.33. The molecule has 0 unspecified atom stereocenters. The molecule has 4 heteroatoms. The molecule has 0 radical (unpaired) electrons. The predicted octanol–water partition coefficient (Wildman–Crippen LogP) is 4.73. The minimum atomic E-state index is -0.220. The zero-order valence-electron chi connectivity index (χ0n) is 16.7. The van der Waals surface area contributed by atoms with Gasteiger partial charge in [0.1, 0.15) is 5.75 Å². The second-order valence-corrected chi connectivity index (χ2v) is 9.09. The van der Waals surface area contributed by atoms with Gasteiger partial charge in [-0.05, 0) is 91.7 Å². The number of rotatable bonds is 2. The van der Waals surface area contributed by atoms with Crippen molar-refractivity contribution in [2.24, 2.45) is 17.3 Å². The summed E-state index contributed by atoms with van der Waals surface area (Å²) in [5.74, 6) is 2.23. The van der Waals surface area contributed by atoms with Gasteiger partial charge in [0.15, 0.2) is 5.78 Å². The molecule has 2 saturated carbocycles. The van der Waals surface area contributed by atoms with Crippen LogP contribution >= 0.6 is 0 Å². The zero-order valence-corrected chi connectivity index (χ0v) is 16.7. The van der Waals surface area contributed by atoms with E-state index >= 15 is 0 Å². The Bertz CT molecular complexity index is 973. The topological polar surface area (TPSA) is 55.1 Å². The highest BCUT2D eigenvalue weighted by molar-refractivity contribution is 6.05. The highest BCUT2D eigenvalue weighted by Crippen LogP contribution is 2.60. The molecule has 1 aromatic carbocycles. The van der Waals surface area contributed by atoms with Crippen molar-refractivity contribution in [3.63, 3.8) is 0 Å². The number of hydrogen-bond donors (Lipinski definition) is 1. The maximum Gasteiger partial charge on any atom is 0.165 e. The molecule has 1 heterocycles. The Morgan fingerprint density at radius 2 is 2.21 bits per heavy atom. The summed E-state index contributed by atoms with van der Waals surface area (Å²) in [7, 11) is 0. The van der Waals surface area contributed by atoms with E-state index in [4.69, 9.17) is 0 Å². The zero-order chi connectivity index (χ0) is 19.5. The Labute approximate surface area is 166 Å². The van der Waals surface area contributed by atoms with Crippen LogP contribution in [0.3, 0.4) is 0 Å². The Morgan fingerprint density at radius 3 is 3.00 bits per heavy atom. The molecule has 5 rings (SSSR count). The SMILES string of the molecule is CCn1cc(/C=C2\C[C@@H]3[C@@H]4CCc5cc(O)ccc5[C@H]4CC[C@@]3(C)C2=O)cn1. The molecule has 0 bridgehead atoms.